The molecule has 0 aliphatic heterocycles. The minimum atomic E-state index is -0.658. The Balaban J connectivity index is 3.23. The fourth-order valence-electron chi connectivity index (χ4n) is 0.887. The van der Waals surface area contributed by atoms with Gasteiger partial charge in [0.2, 0.25) is 6.29 Å². The SMILES string of the molecule is NNC(=O)c1cccc([C]=O)c1O. The van der Waals surface area contributed by atoms with Gasteiger partial charge in [0.25, 0.3) is 5.91 Å². The zero-order valence-electron chi connectivity index (χ0n) is 6.57. The number of rotatable bonds is 2. The van der Waals surface area contributed by atoms with E-state index in [-0.39, 0.29) is 11.1 Å². The first-order valence-corrected chi connectivity index (χ1v) is 3.41. The van der Waals surface area contributed by atoms with E-state index in [0.29, 0.717) is 0 Å². The largest absolute Gasteiger partial charge is 0.506 e. The first kappa shape index (κ1) is 9.21. The van der Waals surface area contributed by atoms with E-state index < -0.39 is 11.7 Å². The first-order chi connectivity index (χ1) is 6.20. The molecule has 1 amide bonds. The monoisotopic (exact) mass is 179 g/mol. The molecule has 1 rings (SSSR count). The highest BCUT2D eigenvalue weighted by Gasteiger charge is 2.12. The Morgan fingerprint density at radius 1 is 1.54 bits per heavy atom. The van der Waals surface area contributed by atoms with Crippen molar-refractivity contribution in [1.29, 1.82) is 0 Å². The summed E-state index contributed by atoms with van der Waals surface area (Å²) in [5.41, 5.74) is 1.72. The summed E-state index contributed by atoms with van der Waals surface area (Å²) in [6, 6.07) is 4.14. The first-order valence-electron chi connectivity index (χ1n) is 3.41. The van der Waals surface area contributed by atoms with Crippen LogP contribution in [0.4, 0.5) is 0 Å². The molecule has 5 heteroatoms. The van der Waals surface area contributed by atoms with Crippen molar-refractivity contribution >= 4 is 12.2 Å². The number of phenolic OH excluding ortho intramolecular Hbond substituents is 1. The second kappa shape index (κ2) is 3.68. The second-order valence-electron chi connectivity index (χ2n) is 2.28. The predicted molar refractivity (Wildman–Crippen MR) is 44.6 cm³/mol. The smallest absolute Gasteiger partial charge is 0.268 e. The van der Waals surface area contributed by atoms with Crippen molar-refractivity contribution < 1.29 is 14.7 Å². The molecular formula is C8H7N2O3. The fourth-order valence-corrected chi connectivity index (χ4v) is 0.887. The lowest BCUT2D eigenvalue weighted by Crippen LogP contribution is -2.30. The molecule has 1 aromatic rings. The Hall–Kier alpha value is -1.88. The van der Waals surface area contributed by atoms with Crippen molar-refractivity contribution in [1.82, 2.24) is 5.43 Å². The lowest BCUT2D eigenvalue weighted by Gasteiger charge is -2.03. The summed E-state index contributed by atoms with van der Waals surface area (Å²) in [5.74, 6) is 3.78. The van der Waals surface area contributed by atoms with Crippen LogP contribution >= 0.6 is 0 Å². The van der Waals surface area contributed by atoms with Crippen molar-refractivity contribution in [2.45, 2.75) is 0 Å². The summed E-state index contributed by atoms with van der Waals surface area (Å²) in [6.07, 6.45) is 1.49. The summed E-state index contributed by atoms with van der Waals surface area (Å²) in [4.78, 5) is 21.2. The predicted octanol–water partition coefficient (Wildman–Crippen LogP) is -0.547. The van der Waals surface area contributed by atoms with E-state index >= 15 is 0 Å². The highest BCUT2D eigenvalue weighted by Crippen LogP contribution is 2.20. The average Bonchev–Trinajstić information content (AvgIpc) is 2.17. The number of nitrogens with one attached hydrogen (secondary N) is 1. The van der Waals surface area contributed by atoms with Crippen molar-refractivity contribution in [3.05, 3.63) is 29.3 Å². The number of hydrazine groups is 1. The van der Waals surface area contributed by atoms with Gasteiger partial charge in [-0.3, -0.25) is 15.0 Å². The molecule has 1 radical (unpaired) electrons. The Labute approximate surface area is 74.1 Å². The Morgan fingerprint density at radius 2 is 2.23 bits per heavy atom. The van der Waals surface area contributed by atoms with Crippen LogP contribution in [-0.4, -0.2) is 17.3 Å². The number of benzene rings is 1. The van der Waals surface area contributed by atoms with Crippen LogP contribution in [0.15, 0.2) is 18.2 Å². The van der Waals surface area contributed by atoms with E-state index in [1.807, 2.05) is 5.43 Å². The summed E-state index contributed by atoms with van der Waals surface area (Å²) in [7, 11) is 0. The third-order valence-electron chi connectivity index (χ3n) is 1.52. The van der Waals surface area contributed by atoms with Gasteiger partial charge < -0.3 is 5.11 Å². The van der Waals surface area contributed by atoms with E-state index in [1.165, 1.54) is 24.5 Å². The number of aromatic hydroxyl groups is 1. The summed E-state index contributed by atoms with van der Waals surface area (Å²) in [6.45, 7) is 0. The molecule has 13 heavy (non-hydrogen) atoms. The fraction of sp³-hybridized carbons (Fsp3) is 0. The van der Waals surface area contributed by atoms with Gasteiger partial charge in [-0.25, -0.2) is 5.84 Å². The van der Waals surface area contributed by atoms with E-state index in [4.69, 9.17) is 5.84 Å². The highest BCUT2D eigenvalue weighted by molar-refractivity contribution is 5.99. The Kier molecular flexibility index (Phi) is 2.61. The van der Waals surface area contributed by atoms with Crippen molar-refractivity contribution in [2.75, 3.05) is 0 Å². The van der Waals surface area contributed by atoms with Gasteiger partial charge in [0.15, 0.2) is 0 Å². The van der Waals surface area contributed by atoms with Gasteiger partial charge in [0.1, 0.15) is 5.75 Å². The van der Waals surface area contributed by atoms with Gasteiger partial charge in [0.05, 0.1) is 11.1 Å². The molecule has 0 aliphatic carbocycles. The number of carbonyl (C=O) groups excluding carboxylic acids is 2. The number of phenols is 1. The molecule has 0 aliphatic rings. The van der Waals surface area contributed by atoms with Crippen molar-refractivity contribution in [3.8, 4) is 5.75 Å². The molecule has 0 atom stereocenters. The van der Waals surface area contributed by atoms with Gasteiger partial charge in [0, 0.05) is 0 Å². The molecule has 0 bridgehead atoms. The van der Waals surface area contributed by atoms with Crippen LogP contribution in [0.1, 0.15) is 15.9 Å². The van der Waals surface area contributed by atoms with Crippen molar-refractivity contribution in [3.63, 3.8) is 0 Å². The van der Waals surface area contributed by atoms with E-state index in [9.17, 15) is 14.7 Å². The van der Waals surface area contributed by atoms with Crippen LogP contribution in [0, 0.1) is 0 Å². The Morgan fingerprint density at radius 3 is 2.77 bits per heavy atom. The molecule has 0 heterocycles. The summed E-state index contributed by atoms with van der Waals surface area (Å²) in [5, 5.41) is 9.31. The number of amides is 1. The summed E-state index contributed by atoms with van der Waals surface area (Å²) >= 11 is 0. The standard InChI is InChI=1S/C8H7N2O3/c9-10-8(13)6-3-1-2-5(4-11)7(6)12/h1-3,12H,9H2,(H,10,13). The van der Waals surface area contributed by atoms with Crippen LogP contribution in [0.25, 0.3) is 0 Å². The summed E-state index contributed by atoms with van der Waals surface area (Å²) < 4.78 is 0. The zero-order valence-corrected chi connectivity index (χ0v) is 6.57. The lowest BCUT2D eigenvalue weighted by atomic mass is 10.1. The maximum Gasteiger partial charge on any atom is 0.268 e. The topological polar surface area (TPSA) is 92.4 Å². The number of hydrogen-bond acceptors (Lipinski definition) is 4. The third-order valence-corrected chi connectivity index (χ3v) is 1.52. The molecule has 1 aromatic carbocycles. The van der Waals surface area contributed by atoms with E-state index in [0.717, 1.165) is 0 Å². The molecular weight excluding hydrogens is 172 g/mol. The molecule has 4 N–H and O–H groups in total. The van der Waals surface area contributed by atoms with Crippen LogP contribution in [-0.2, 0) is 4.79 Å². The maximum absolute atomic E-state index is 11.0. The quantitative estimate of drug-likeness (QED) is 0.323. The van der Waals surface area contributed by atoms with Crippen molar-refractivity contribution in [2.24, 2.45) is 5.84 Å². The minimum absolute atomic E-state index is 0.0525. The Bertz CT molecular complexity index is 349. The number of hydrogen-bond donors (Lipinski definition) is 3. The number of nitrogen functional groups attached to an aromatic ring is 1. The van der Waals surface area contributed by atoms with Gasteiger partial charge >= 0.3 is 0 Å². The van der Waals surface area contributed by atoms with Gasteiger partial charge in [-0.15, -0.1) is 0 Å². The van der Waals surface area contributed by atoms with Crippen LogP contribution in [0.3, 0.4) is 0 Å². The maximum atomic E-state index is 11.0. The normalized spacial score (nSPS) is 9.31. The molecule has 0 aromatic heterocycles. The average molecular weight is 179 g/mol. The lowest BCUT2D eigenvalue weighted by molar-refractivity contribution is 0.0951. The minimum Gasteiger partial charge on any atom is -0.506 e. The van der Waals surface area contributed by atoms with Gasteiger partial charge in [-0.1, -0.05) is 6.07 Å². The number of nitrogens with two attached hydrogens (primary N) is 1. The third kappa shape index (κ3) is 1.65. The molecule has 5 nitrogen and oxygen atoms in total. The van der Waals surface area contributed by atoms with Gasteiger partial charge in [-0.2, -0.15) is 0 Å². The van der Waals surface area contributed by atoms with Crippen LogP contribution in [0.5, 0.6) is 5.75 Å². The molecule has 0 spiro atoms. The molecule has 0 saturated carbocycles. The molecule has 67 valence electrons. The molecule has 0 fully saturated rings. The highest BCUT2D eigenvalue weighted by atomic mass is 16.3. The van der Waals surface area contributed by atoms with Crippen LogP contribution < -0.4 is 11.3 Å². The second-order valence-corrected chi connectivity index (χ2v) is 2.28. The number of para-hydroxylation sites is 1. The van der Waals surface area contributed by atoms with E-state index in [1.54, 1.807) is 0 Å². The number of carbonyl (C=O) groups is 1. The van der Waals surface area contributed by atoms with Gasteiger partial charge in [-0.05, 0) is 12.1 Å². The zero-order chi connectivity index (χ0) is 9.84. The molecule has 0 saturated heterocycles. The van der Waals surface area contributed by atoms with Crippen LogP contribution in [0.2, 0.25) is 0 Å². The van der Waals surface area contributed by atoms with E-state index in [2.05, 4.69) is 0 Å². The molecule has 0 unspecified atom stereocenters.